The Morgan fingerprint density at radius 3 is 1.00 bits per heavy atom. The molecule has 0 saturated heterocycles. The molecule has 0 amide bonds. The van der Waals surface area contributed by atoms with Gasteiger partial charge >= 0.3 is 0 Å². The van der Waals surface area contributed by atoms with Gasteiger partial charge in [0.05, 0.1) is 0 Å². The Morgan fingerprint density at radius 2 is 1.00 bits per heavy atom. The molecule has 0 N–H and O–H groups in total. The molecule has 0 aromatic rings. The Kier molecular flexibility index (Phi) is 86.6. The Labute approximate surface area is 61.0 Å². The summed E-state index contributed by atoms with van der Waals surface area (Å²) < 4.78 is 0. The molecule has 0 aromatic carbocycles. The number of hydrogen-bond acceptors (Lipinski definition) is 2. The molecule has 0 fully saturated rings. The molecule has 0 atom stereocenters. The summed E-state index contributed by atoms with van der Waals surface area (Å²) in [6.07, 6.45) is 0. The van der Waals surface area contributed by atoms with Crippen LogP contribution in [0.4, 0.5) is 0 Å². The van der Waals surface area contributed by atoms with Crippen LogP contribution in [0.25, 0.3) is 0 Å². The maximum atomic E-state index is 3.22. The number of rotatable bonds is 0. The van der Waals surface area contributed by atoms with Crippen LogP contribution in [0, 0.1) is 0 Å². The molecule has 4 heavy (non-hydrogen) atoms. The summed E-state index contributed by atoms with van der Waals surface area (Å²) in [7, 11) is 0. The second-order valence-electron chi connectivity index (χ2n) is 0. The van der Waals surface area contributed by atoms with Gasteiger partial charge in [0.25, 0.3) is 0 Å². The maximum absolute atomic E-state index is 3.22. The fourth-order valence-corrected chi connectivity index (χ4v) is 0. The monoisotopic (exact) mass is 219 g/mol. The fraction of sp³-hybridized carbons (Fsp3) is 0. The van der Waals surface area contributed by atoms with E-state index in [1.54, 1.807) is 0 Å². The van der Waals surface area contributed by atoms with Gasteiger partial charge in [0.2, 0.25) is 0 Å². The van der Waals surface area contributed by atoms with Gasteiger partial charge < -0.3 is 0 Å². The average molecular weight is 218 g/mol. The first-order chi connectivity index (χ1) is 1.00. The van der Waals surface area contributed by atoms with Crippen LogP contribution in [0.1, 0.15) is 0 Å². The Morgan fingerprint density at radius 1 is 1.00 bits per heavy atom. The third-order valence-corrected chi connectivity index (χ3v) is 0. The second-order valence-corrected chi connectivity index (χ2v) is 0. The van der Waals surface area contributed by atoms with Crippen LogP contribution in [0.15, 0.2) is 0 Å². The third-order valence-electron chi connectivity index (χ3n) is 0. The molecular weight excluding hydrogens is 216 g/mol. The third kappa shape index (κ3) is 9.08. The quantitative estimate of drug-likeness (QED) is 0.335. The SMILES string of the molecule is SS.[Ru].[V]. The first-order valence-electron chi connectivity index (χ1n) is 0.200. The van der Waals surface area contributed by atoms with Crippen LogP contribution in [0.3, 0.4) is 0 Å². The summed E-state index contributed by atoms with van der Waals surface area (Å²) in [4.78, 5) is 0. The van der Waals surface area contributed by atoms with Crippen molar-refractivity contribution in [1.82, 2.24) is 0 Å². The molecular formula is H2RuS2V. The molecule has 0 bridgehead atoms. The summed E-state index contributed by atoms with van der Waals surface area (Å²) in [5.74, 6) is 0. The van der Waals surface area contributed by atoms with E-state index in [1.165, 1.54) is 0 Å². The zero-order chi connectivity index (χ0) is 2.00. The summed E-state index contributed by atoms with van der Waals surface area (Å²) >= 11 is 6.44. The van der Waals surface area contributed by atoms with Gasteiger partial charge in [-0.15, -0.1) is 23.3 Å². The van der Waals surface area contributed by atoms with Gasteiger partial charge in [0.15, 0.2) is 0 Å². The van der Waals surface area contributed by atoms with Gasteiger partial charge in [0, 0.05) is 38.0 Å². The van der Waals surface area contributed by atoms with Crippen LogP contribution >= 0.6 is 23.3 Å². The number of thiol groups is 2. The summed E-state index contributed by atoms with van der Waals surface area (Å²) in [6, 6.07) is 0. The predicted octanol–water partition coefficient (Wildman–Crippen LogP) is 0.756. The van der Waals surface area contributed by atoms with E-state index >= 15 is 0 Å². The van der Waals surface area contributed by atoms with E-state index in [0.717, 1.165) is 0 Å². The van der Waals surface area contributed by atoms with Gasteiger partial charge in [-0.3, -0.25) is 0 Å². The van der Waals surface area contributed by atoms with E-state index < -0.39 is 0 Å². The van der Waals surface area contributed by atoms with Crippen LogP contribution in [-0.4, -0.2) is 0 Å². The number of hydrogen-bond donors (Lipinski definition) is 2. The minimum atomic E-state index is 0. The van der Waals surface area contributed by atoms with Crippen LogP contribution in [0.5, 0.6) is 0 Å². The topological polar surface area (TPSA) is 0 Å². The first kappa shape index (κ1) is 16.8. The van der Waals surface area contributed by atoms with Crippen molar-refractivity contribution >= 4 is 23.3 Å². The van der Waals surface area contributed by atoms with E-state index in [1.807, 2.05) is 0 Å². The fourth-order valence-electron chi connectivity index (χ4n) is 0. The molecule has 0 aromatic heterocycles. The van der Waals surface area contributed by atoms with Gasteiger partial charge in [-0.05, 0) is 0 Å². The molecule has 0 nitrogen and oxygen atoms in total. The molecule has 1 radical (unpaired) electrons. The largest absolute Gasteiger partial charge is 0.115 e. The minimum absolute atomic E-state index is 0. The maximum Gasteiger partial charge on any atom is 0 e. The molecule has 0 unspecified atom stereocenters. The second kappa shape index (κ2) is 20.6. The van der Waals surface area contributed by atoms with Crippen molar-refractivity contribution in [1.29, 1.82) is 0 Å². The van der Waals surface area contributed by atoms with Gasteiger partial charge in [0.1, 0.15) is 0 Å². The van der Waals surface area contributed by atoms with Crippen LogP contribution in [-0.2, 0) is 38.0 Å². The van der Waals surface area contributed by atoms with E-state index in [4.69, 9.17) is 0 Å². The van der Waals surface area contributed by atoms with E-state index in [2.05, 4.69) is 23.3 Å². The Bertz CT molecular complexity index is 6.00. The molecule has 27 valence electrons. The van der Waals surface area contributed by atoms with E-state index in [9.17, 15) is 0 Å². The van der Waals surface area contributed by atoms with E-state index in [0.29, 0.717) is 0 Å². The summed E-state index contributed by atoms with van der Waals surface area (Å²) in [6.45, 7) is 0. The summed E-state index contributed by atoms with van der Waals surface area (Å²) in [5, 5.41) is 0. The van der Waals surface area contributed by atoms with Crippen molar-refractivity contribution in [2.24, 2.45) is 0 Å². The van der Waals surface area contributed by atoms with E-state index in [-0.39, 0.29) is 38.0 Å². The van der Waals surface area contributed by atoms with Gasteiger partial charge in [-0.2, -0.15) is 0 Å². The van der Waals surface area contributed by atoms with Gasteiger partial charge in [-0.1, -0.05) is 0 Å². The minimum Gasteiger partial charge on any atom is -0.115 e. The predicted molar refractivity (Wildman–Crippen MR) is 18.0 cm³/mol. The van der Waals surface area contributed by atoms with Crippen molar-refractivity contribution < 1.29 is 38.0 Å². The average Bonchev–Trinajstić information content (AvgIpc) is 1.00. The van der Waals surface area contributed by atoms with Crippen LogP contribution in [0.2, 0.25) is 0 Å². The molecule has 0 spiro atoms. The zero-order valence-electron chi connectivity index (χ0n) is 1.70. The molecule has 0 aliphatic heterocycles. The zero-order valence-corrected chi connectivity index (χ0v) is 6.62. The van der Waals surface area contributed by atoms with Crippen molar-refractivity contribution in [2.75, 3.05) is 0 Å². The Balaban J connectivity index is -0.00000000500. The van der Waals surface area contributed by atoms with Crippen molar-refractivity contribution in [2.45, 2.75) is 0 Å². The van der Waals surface area contributed by atoms with Crippen molar-refractivity contribution in [3.63, 3.8) is 0 Å². The molecule has 0 saturated carbocycles. The van der Waals surface area contributed by atoms with Crippen molar-refractivity contribution in [3.05, 3.63) is 0 Å². The normalized spacial score (nSPS) is 1.50. The van der Waals surface area contributed by atoms with Crippen molar-refractivity contribution in [3.8, 4) is 0 Å². The first-order valence-corrected chi connectivity index (χ1v) is 1.80. The molecule has 0 heterocycles. The summed E-state index contributed by atoms with van der Waals surface area (Å²) in [5.41, 5.74) is 0. The molecule has 0 rings (SSSR count). The van der Waals surface area contributed by atoms with Crippen LogP contribution < -0.4 is 0 Å². The molecule has 4 heteroatoms. The Hall–Kier alpha value is 1.91. The van der Waals surface area contributed by atoms with Gasteiger partial charge in [-0.25, -0.2) is 0 Å². The standard InChI is InChI=1S/Ru.H2S2.V/c;1-2;/h;1-2H;. The smallest absolute Gasteiger partial charge is 0 e. The molecule has 0 aliphatic rings. The molecule has 0 aliphatic carbocycles.